The van der Waals surface area contributed by atoms with E-state index in [1.54, 1.807) is 16.8 Å². The SMILES string of the molecule is Cc1nc(-c2cncs2)nc(C)c1CNC(C)(C)C. The molecule has 19 heavy (non-hydrogen) atoms. The van der Waals surface area contributed by atoms with Crippen LogP contribution in [0.25, 0.3) is 10.7 Å². The van der Waals surface area contributed by atoms with Gasteiger partial charge in [0.2, 0.25) is 0 Å². The Bertz CT molecular complexity index is 532. The number of hydrogen-bond donors (Lipinski definition) is 1. The molecule has 5 heteroatoms. The molecule has 0 unspecified atom stereocenters. The quantitative estimate of drug-likeness (QED) is 0.936. The summed E-state index contributed by atoms with van der Waals surface area (Å²) in [5.41, 5.74) is 5.15. The minimum absolute atomic E-state index is 0.0925. The van der Waals surface area contributed by atoms with Crippen molar-refractivity contribution in [3.05, 3.63) is 28.7 Å². The van der Waals surface area contributed by atoms with E-state index in [1.165, 1.54) is 5.56 Å². The first kappa shape index (κ1) is 14.1. The third-order valence-electron chi connectivity index (χ3n) is 2.87. The van der Waals surface area contributed by atoms with E-state index in [4.69, 9.17) is 0 Å². The topological polar surface area (TPSA) is 50.7 Å². The van der Waals surface area contributed by atoms with Gasteiger partial charge in [-0.25, -0.2) is 9.97 Å². The molecular weight excluding hydrogens is 256 g/mol. The maximum absolute atomic E-state index is 4.60. The molecule has 0 amide bonds. The highest BCUT2D eigenvalue weighted by Gasteiger charge is 2.14. The van der Waals surface area contributed by atoms with E-state index in [2.05, 4.69) is 41.0 Å². The molecule has 0 aliphatic carbocycles. The van der Waals surface area contributed by atoms with Gasteiger partial charge in [-0.15, -0.1) is 11.3 Å². The zero-order valence-electron chi connectivity index (χ0n) is 12.1. The molecule has 2 aromatic rings. The summed E-state index contributed by atoms with van der Waals surface area (Å²) in [7, 11) is 0. The molecule has 0 bridgehead atoms. The van der Waals surface area contributed by atoms with Crippen LogP contribution in [0.4, 0.5) is 0 Å². The zero-order chi connectivity index (χ0) is 14.0. The standard InChI is InChI=1S/C14H20N4S/c1-9-11(6-16-14(3,4)5)10(2)18-13(17-9)12-7-15-8-19-12/h7-8,16H,6H2,1-5H3. The number of nitrogens with one attached hydrogen (secondary N) is 1. The summed E-state index contributed by atoms with van der Waals surface area (Å²) in [6, 6.07) is 0. The van der Waals surface area contributed by atoms with E-state index >= 15 is 0 Å². The highest BCUT2D eigenvalue weighted by molar-refractivity contribution is 7.13. The highest BCUT2D eigenvalue weighted by Crippen LogP contribution is 2.22. The number of thiazole rings is 1. The van der Waals surface area contributed by atoms with Crippen LogP contribution in [0.3, 0.4) is 0 Å². The lowest BCUT2D eigenvalue weighted by Crippen LogP contribution is -2.35. The van der Waals surface area contributed by atoms with Gasteiger partial charge >= 0.3 is 0 Å². The van der Waals surface area contributed by atoms with Gasteiger partial charge in [0.05, 0.1) is 10.4 Å². The fraction of sp³-hybridized carbons (Fsp3) is 0.500. The van der Waals surface area contributed by atoms with Crippen LogP contribution in [0.15, 0.2) is 11.7 Å². The third-order valence-corrected chi connectivity index (χ3v) is 3.64. The Morgan fingerprint density at radius 1 is 1.16 bits per heavy atom. The summed E-state index contributed by atoms with van der Waals surface area (Å²) in [5, 5.41) is 3.48. The van der Waals surface area contributed by atoms with Crippen molar-refractivity contribution < 1.29 is 0 Å². The Morgan fingerprint density at radius 2 is 1.79 bits per heavy atom. The molecule has 4 nitrogen and oxygen atoms in total. The molecule has 0 spiro atoms. The zero-order valence-corrected chi connectivity index (χ0v) is 12.9. The Labute approximate surface area is 118 Å². The fourth-order valence-electron chi connectivity index (χ4n) is 1.79. The fourth-order valence-corrected chi connectivity index (χ4v) is 2.34. The number of hydrogen-bond acceptors (Lipinski definition) is 5. The third kappa shape index (κ3) is 3.58. The van der Waals surface area contributed by atoms with Crippen molar-refractivity contribution in [3.8, 4) is 10.7 Å². The van der Waals surface area contributed by atoms with Crippen molar-refractivity contribution in [2.45, 2.75) is 46.7 Å². The number of aromatic nitrogens is 3. The highest BCUT2D eigenvalue weighted by atomic mass is 32.1. The van der Waals surface area contributed by atoms with Crippen LogP contribution in [-0.4, -0.2) is 20.5 Å². The van der Waals surface area contributed by atoms with Crippen LogP contribution < -0.4 is 5.32 Å². The average Bonchev–Trinajstić information content (AvgIpc) is 2.79. The summed E-state index contributed by atoms with van der Waals surface area (Å²) in [5.74, 6) is 0.775. The van der Waals surface area contributed by atoms with Crippen LogP contribution >= 0.6 is 11.3 Å². The molecule has 0 saturated heterocycles. The molecule has 2 rings (SSSR count). The lowest BCUT2D eigenvalue weighted by Gasteiger charge is -2.21. The number of aryl methyl sites for hydroxylation is 2. The van der Waals surface area contributed by atoms with Gasteiger partial charge < -0.3 is 5.32 Å². The Kier molecular flexibility index (Phi) is 3.96. The summed E-state index contributed by atoms with van der Waals surface area (Å²) in [6.07, 6.45) is 1.81. The van der Waals surface area contributed by atoms with E-state index in [9.17, 15) is 0 Å². The molecule has 0 saturated carbocycles. The molecule has 0 radical (unpaired) electrons. The van der Waals surface area contributed by atoms with Crippen molar-refractivity contribution >= 4 is 11.3 Å². The molecule has 0 aliphatic rings. The first-order valence-corrected chi connectivity index (χ1v) is 7.23. The van der Waals surface area contributed by atoms with Crippen molar-refractivity contribution in [2.24, 2.45) is 0 Å². The maximum atomic E-state index is 4.60. The van der Waals surface area contributed by atoms with E-state index < -0.39 is 0 Å². The Morgan fingerprint density at radius 3 is 2.26 bits per heavy atom. The van der Waals surface area contributed by atoms with Gasteiger partial charge in [-0.1, -0.05) is 0 Å². The average molecular weight is 276 g/mol. The van der Waals surface area contributed by atoms with Crippen LogP contribution in [-0.2, 0) is 6.54 Å². The predicted octanol–water partition coefficient (Wildman–Crippen LogP) is 3.11. The first-order valence-electron chi connectivity index (χ1n) is 6.35. The molecule has 0 aromatic carbocycles. The van der Waals surface area contributed by atoms with Gasteiger partial charge in [0.15, 0.2) is 5.82 Å². The summed E-state index contributed by atoms with van der Waals surface area (Å²) < 4.78 is 0. The number of rotatable bonds is 3. The van der Waals surface area contributed by atoms with Gasteiger partial charge in [0.25, 0.3) is 0 Å². The largest absolute Gasteiger partial charge is 0.308 e. The molecule has 0 fully saturated rings. The summed E-state index contributed by atoms with van der Waals surface area (Å²) in [6.45, 7) is 11.3. The van der Waals surface area contributed by atoms with Crippen LogP contribution in [0, 0.1) is 13.8 Å². The predicted molar refractivity (Wildman–Crippen MR) is 79.2 cm³/mol. The van der Waals surface area contributed by atoms with Gasteiger partial charge in [-0.3, -0.25) is 4.98 Å². The molecule has 2 heterocycles. The van der Waals surface area contributed by atoms with Gasteiger partial charge in [-0.2, -0.15) is 0 Å². The minimum atomic E-state index is 0.0925. The Balaban J connectivity index is 2.28. The van der Waals surface area contributed by atoms with Gasteiger partial charge in [0, 0.05) is 35.2 Å². The monoisotopic (exact) mass is 276 g/mol. The molecule has 0 atom stereocenters. The normalized spacial score (nSPS) is 11.8. The molecule has 102 valence electrons. The second-order valence-corrected chi connectivity index (χ2v) is 6.55. The van der Waals surface area contributed by atoms with E-state index in [1.807, 2.05) is 20.0 Å². The molecular formula is C14H20N4S. The van der Waals surface area contributed by atoms with Gasteiger partial charge in [-0.05, 0) is 34.6 Å². The van der Waals surface area contributed by atoms with Crippen LogP contribution in [0.1, 0.15) is 37.7 Å². The lowest BCUT2D eigenvalue weighted by molar-refractivity contribution is 0.422. The second-order valence-electron chi connectivity index (χ2n) is 5.67. The smallest absolute Gasteiger partial charge is 0.171 e. The van der Waals surface area contributed by atoms with E-state index in [0.29, 0.717) is 0 Å². The first-order chi connectivity index (χ1) is 8.87. The van der Waals surface area contributed by atoms with Gasteiger partial charge in [0.1, 0.15) is 0 Å². The van der Waals surface area contributed by atoms with Crippen LogP contribution in [0.5, 0.6) is 0 Å². The second kappa shape index (κ2) is 5.35. The molecule has 1 N–H and O–H groups in total. The van der Waals surface area contributed by atoms with E-state index in [0.717, 1.165) is 28.6 Å². The summed E-state index contributed by atoms with van der Waals surface area (Å²) in [4.78, 5) is 14.3. The van der Waals surface area contributed by atoms with Crippen molar-refractivity contribution in [1.82, 2.24) is 20.3 Å². The van der Waals surface area contributed by atoms with E-state index in [-0.39, 0.29) is 5.54 Å². The number of nitrogens with zero attached hydrogens (tertiary/aromatic N) is 3. The lowest BCUT2D eigenvalue weighted by atomic mass is 10.1. The van der Waals surface area contributed by atoms with Crippen molar-refractivity contribution in [3.63, 3.8) is 0 Å². The molecule has 0 aliphatic heterocycles. The van der Waals surface area contributed by atoms with Crippen LogP contribution in [0.2, 0.25) is 0 Å². The van der Waals surface area contributed by atoms with Crippen molar-refractivity contribution in [1.29, 1.82) is 0 Å². The minimum Gasteiger partial charge on any atom is -0.308 e. The summed E-state index contributed by atoms with van der Waals surface area (Å²) >= 11 is 1.57. The maximum Gasteiger partial charge on any atom is 0.171 e. The molecule has 2 aromatic heterocycles. The Hall–Kier alpha value is -1.33. The van der Waals surface area contributed by atoms with Crippen molar-refractivity contribution in [2.75, 3.05) is 0 Å².